The molecule has 0 unspecified atom stereocenters. The molecule has 0 aliphatic heterocycles. The molecule has 3 aromatic rings. The quantitative estimate of drug-likeness (QED) is 0.678. The minimum atomic E-state index is -0.997. The molecule has 0 fully saturated rings. The highest BCUT2D eigenvalue weighted by Crippen LogP contribution is 2.31. The minimum Gasteiger partial charge on any atom is -0.478 e. The summed E-state index contributed by atoms with van der Waals surface area (Å²) in [6, 6.07) is 18.2. The van der Waals surface area contributed by atoms with Gasteiger partial charge in [-0.05, 0) is 29.1 Å². The highest BCUT2D eigenvalue weighted by atomic mass is 16.5. The fourth-order valence-electron chi connectivity index (χ4n) is 2.75. The molecule has 3 rings (SSSR count). The average Bonchev–Trinajstić information content (AvgIpc) is 2.60. The van der Waals surface area contributed by atoms with Crippen molar-refractivity contribution in [2.75, 3.05) is 5.32 Å². The zero-order valence-corrected chi connectivity index (χ0v) is 13.7. The van der Waals surface area contributed by atoms with E-state index in [-0.39, 0.29) is 18.1 Å². The van der Waals surface area contributed by atoms with Gasteiger partial charge in [0.05, 0.1) is 11.3 Å². The summed E-state index contributed by atoms with van der Waals surface area (Å²) < 4.78 is 5.14. The molecule has 126 valence electrons. The van der Waals surface area contributed by atoms with Gasteiger partial charge in [-0.15, -0.1) is 0 Å². The maximum absolute atomic E-state index is 11.4. The third kappa shape index (κ3) is 3.61. The summed E-state index contributed by atoms with van der Waals surface area (Å²) in [7, 11) is 0. The fourth-order valence-corrected chi connectivity index (χ4v) is 2.75. The van der Waals surface area contributed by atoms with E-state index in [0.29, 0.717) is 5.69 Å². The third-order valence-corrected chi connectivity index (χ3v) is 3.85. The molecule has 5 nitrogen and oxygen atoms in total. The van der Waals surface area contributed by atoms with Gasteiger partial charge in [0.1, 0.15) is 6.61 Å². The van der Waals surface area contributed by atoms with Crippen molar-refractivity contribution >= 4 is 34.1 Å². The van der Waals surface area contributed by atoms with Gasteiger partial charge < -0.3 is 15.2 Å². The second-order valence-corrected chi connectivity index (χ2v) is 5.58. The Hall–Kier alpha value is -3.34. The normalized spacial score (nSPS) is 10.4. The van der Waals surface area contributed by atoms with E-state index in [1.807, 2.05) is 36.4 Å². The first kappa shape index (κ1) is 16.5. The van der Waals surface area contributed by atoms with E-state index in [1.54, 1.807) is 24.3 Å². The molecule has 0 spiro atoms. The van der Waals surface area contributed by atoms with Crippen LogP contribution in [0.1, 0.15) is 22.8 Å². The molecule has 0 aliphatic carbocycles. The van der Waals surface area contributed by atoms with Crippen molar-refractivity contribution in [2.24, 2.45) is 0 Å². The van der Waals surface area contributed by atoms with Crippen LogP contribution in [0.25, 0.3) is 10.8 Å². The Bertz CT molecular complexity index is 944. The molecule has 5 heteroatoms. The summed E-state index contributed by atoms with van der Waals surface area (Å²) >= 11 is 0. The van der Waals surface area contributed by atoms with Gasteiger partial charge in [0.15, 0.2) is 0 Å². The Morgan fingerprint density at radius 1 is 0.960 bits per heavy atom. The van der Waals surface area contributed by atoms with E-state index in [0.717, 1.165) is 22.0 Å². The molecule has 0 aliphatic rings. The van der Waals surface area contributed by atoms with Crippen molar-refractivity contribution in [3.8, 4) is 0 Å². The lowest BCUT2D eigenvalue weighted by Crippen LogP contribution is -2.04. The number of ether oxygens (including phenoxy) is 1. The second kappa shape index (κ2) is 7.05. The van der Waals surface area contributed by atoms with Crippen molar-refractivity contribution in [2.45, 2.75) is 13.5 Å². The van der Waals surface area contributed by atoms with Crippen LogP contribution in [0.3, 0.4) is 0 Å². The first-order chi connectivity index (χ1) is 12.1. The number of carboxylic acids is 1. The van der Waals surface area contributed by atoms with E-state index in [1.165, 1.54) is 6.92 Å². The van der Waals surface area contributed by atoms with Crippen molar-refractivity contribution in [1.82, 2.24) is 0 Å². The lowest BCUT2D eigenvalue weighted by molar-refractivity contribution is -0.142. The number of fused-ring (bicyclic) bond motifs is 1. The number of carbonyl (C=O) groups is 2. The van der Waals surface area contributed by atoms with Crippen LogP contribution in [0.15, 0.2) is 60.7 Å². The van der Waals surface area contributed by atoms with Crippen LogP contribution in [-0.2, 0) is 16.1 Å². The molecule has 0 atom stereocenters. The Morgan fingerprint density at radius 3 is 2.36 bits per heavy atom. The average molecular weight is 335 g/mol. The van der Waals surface area contributed by atoms with Crippen LogP contribution in [0.4, 0.5) is 11.4 Å². The molecular weight excluding hydrogens is 318 g/mol. The van der Waals surface area contributed by atoms with E-state index < -0.39 is 5.97 Å². The van der Waals surface area contributed by atoms with E-state index in [2.05, 4.69) is 5.32 Å². The molecule has 0 saturated carbocycles. The Kier molecular flexibility index (Phi) is 4.66. The van der Waals surface area contributed by atoms with Crippen molar-refractivity contribution in [1.29, 1.82) is 0 Å². The monoisotopic (exact) mass is 335 g/mol. The smallest absolute Gasteiger partial charge is 0.337 e. The molecule has 0 radical (unpaired) electrons. The first-order valence-electron chi connectivity index (χ1n) is 7.79. The number of carboxylic acid groups (broad SMARTS) is 1. The lowest BCUT2D eigenvalue weighted by Gasteiger charge is -2.15. The zero-order chi connectivity index (χ0) is 17.8. The molecule has 25 heavy (non-hydrogen) atoms. The summed E-state index contributed by atoms with van der Waals surface area (Å²) in [4.78, 5) is 22.6. The minimum absolute atomic E-state index is 0.159. The molecule has 0 heterocycles. The standard InChI is InChI=1S/C20H17NO4/c1-13(22)25-12-15-8-4-6-14-7-5-11-18(19(14)15)21-17-10-3-2-9-16(17)20(23)24/h2-11,21H,12H2,1H3,(H,23,24). The number of esters is 1. The molecule has 0 bridgehead atoms. The molecule has 0 amide bonds. The molecule has 0 saturated heterocycles. The zero-order valence-electron chi connectivity index (χ0n) is 13.7. The van der Waals surface area contributed by atoms with Crippen LogP contribution >= 0.6 is 0 Å². The van der Waals surface area contributed by atoms with Gasteiger partial charge in [-0.3, -0.25) is 4.79 Å². The van der Waals surface area contributed by atoms with Crippen LogP contribution in [0.2, 0.25) is 0 Å². The molecule has 2 N–H and O–H groups in total. The van der Waals surface area contributed by atoms with Crippen LogP contribution in [-0.4, -0.2) is 17.0 Å². The highest BCUT2D eigenvalue weighted by Gasteiger charge is 2.12. The number of anilines is 2. The fraction of sp³-hybridized carbons (Fsp3) is 0.100. The van der Waals surface area contributed by atoms with E-state index in [4.69, 9.17) is 4.74 Å². The van der Waals surface area contributed by atoms with Crippen LogP contribution in [0.5, 0.6) is 0 Å². The number of para-hydroxylation sites is 1. The Balaban J connectivity index is 2.08. The molecular formula is C20H17NO4. The Labute approximate surface area is 144 Å². The maximum Gasteiger partial charge on any atom is 0.337 e. The topological polar surface area (TPSA) is 75.6 Å². The number of rotatable bonds is 5. The molecule has 0 aromatic heterocycles. The van der Waals surface area contributed by atoms with Gasteiger partial charge in [-0.2, -0.15) is 0 Å². The number of aromatic carboxylic acids is 1. The number of nitrogens with one attached hydrogen (secondary N) is 1. The van der Waals surface area contributed by atoms with Gasteiger partial charge in [0.2, 0.25) is 0 Å². The summed E-state index contributed by atoms with van der Waals surface area (Å²) in [6.45, 7) is 1.53. The largest absolute Gasteiger partial charge is 0.478 e. The van der Waals surface area contributed by atoms with E-state index >= 15 is 0 Å². The van der Waals surface area contributed by atoms with Crippen molar-refractivity contribution in [3.05, 3.63) is 71.8 Å². The van der Waals surface area contributed by atoms with Gasteiger partial charge in [0.25, 0.3) is 0 Å². The first-order valence-corrected chi connectivity index (χ1v) is 7.79. The van der Waals surface area contributed by atoms with Gasteiger partial charge >= 0.3 is 11.9 Å². The van der Waals surface area contributed by atoms with Gasteiger partial charge in [-0.1, -0.05) is 42.5 Å². The predicted molar refractivity (Wildman–Crippen MR) is 96.1 cm³/mol. The van der Waals surface area contributed by atoms with Gasteiger partial charge in [-0.25, -0.2) is 4.79 Å². The Morgan fingerprint density at radius 2 is 1.64 bits per heavy atom. The van der Waals surface area contributed by atoms with Crippen LogP contribution < -0.4 is 5.32 Å². The number of hydrogen-bond acceptors (Lipinski definition) is 4. The number of hydrogen-bond donors (Lipinski definition) is 2. The third-order valence-electron chi connectivity index (χ3n) is 3.85. The summed E-state index contributed by atoms with van der Waals surface area (Å²) in [6.07, 6.45) is 0. The summed E-state index contributed by atoms with van der Waals surface area (Å²) in [5.41, 5.74) is 2.30. The lowest BCUT2D eigenvalue weighted by atomic mass is 10.0. The second-order valence-electron chi connectivity index (χ2n) is 5.58. The maximum atomic E-state index is 11.4. The number of carbonyl (C=O) groups excluding carboxylic acids is 1. The van der Waals surface area contributed by atoms with Crippen molar-refractivity contribution < 1.29 is 19.4 Å². The highest BCUT2D eigenvalue weighted by molar-refractivity contribution is 6.01. The van der Waals surface area contributed by atoms with Crippen molar-refractivity contribution in [3.63, 3.8) is 0 Å². The van der Waals surface area contributed by atoms with Crippen LogP contribution in [0, 0.1) is 0 Å². The predicted octanol–water partition coefficient (Wildman–Crippen LogP) is 4.34. The van der Waals surface area contributed by atoms with Gasteiger partial charge in [0, 0.05) is 18.0 Å². The summed E-state index contributed by atoms with van der Waals surface area (Å²) in [5, 5.41) is 14.4. The number of benzene rings is 3. The SMILES string of the molecule is CC(=O)OCc1cccc2cccc(Nc3ccccc3C(=O)O)c12. The molecule has 3 aromatic carbocycles. The summed E-state index contributed by atoms with van der Waals surface area (Å²) in [5.74, 6) is -1.35. The van der Waals surface area contributed by atoms with E-state index in [9.17, 15) is 14.7 Å².